The van der Waals surface area contributed by atoms with Gasteiger partial charge in [-0.15, -0.1) is 0 Å². The maximum Gasteiger partial charge on any atom is 0.265 e. The van der Waals surface area contributed by atoms with Crippen molar-refractivity contribution in [2.24, 2.45) is 0 Å². The van der Waals surface area contributed by atoms with Gasteiger partial charge < -0.3 is 15.0 Å². The van der Waals surface area contributed by atoms with Crippen molar-refractivity contribution in [2.75, 3.05) is 31.5 Å². The van der Waals surface area contributed by atoms with Crippen molar-refractivity contribution >= 4 is 28.0 Å². The molecule has 0 bridgehead atoms. The van der Waals surface area contributed by atoms with Crippen LogP contribution in [0.25, 0.3) is 0 Å². The Bertz CT molecular complexity index is 741. The van der Waals surface area contributed by atoms with Gasteiger partial charge >= 0.3 is 0 Å². The zero-order valence-electron chi connectivity index (χ0n) is 12.6. The Morgan fingerprint density at radius 1 is 1.26 bits per heavy atom. The average Bonchev–Trinajstić information content (AvgIpc) is 2.55. The largest absolute Gasteiger partial charge is 0.479 e. The van der Waals surface area contributed by atoms with Crippen LogP contribution in [0.4, 0.5) is 5.69 Å². The first-order chi connectivity index (χ1) is 10.9. The lowest BCUT2D eigenvalue weighted by molar-refractivity contribution is -0.122. The fraction of sp³-hybridized carbons (Fsp3) is 0.429. The fourth-order valence-corrected chi connectivity index (χ4v) is 4.00. The van der Waals surface area contributed by atoms with Crippen molar-refractivity contribution < 1.29 is 22.7 Å². The first-order valence-electron chi connectivity index (χ1n) is 7.23. The van der Waals surface area contributed by atoms with Gasteiger partial charge in [-0.05, 0) is 25.1 Å². The molecule has 2 aliphatic rings. The van der Waals surface area contributed by atoms with Gasteiger partial charge in [0.15, 0.2) is 6.10 Å². The summed E-state index contributed by atoms with van der Waals surface area (Å²) in [5, 5.41) is 2.64. The minimum Gasteiger partial charge on any atom is -0.479 e. The number of amides is 2. The molecular weight excluding hydrogens is 322 g/mol. The van der Waals surface area contributed by atoms with Crippen LogP contribution in [0, 0.1) is 0 Å². The van der Waals surface area contributed by atoms with Gasteiger partial charge in [-0.2, -0.15) is 4.31 Å². The van der Waals surface area contributed by atoms with E-state index in [4.69, 9.17) is 4.74 Å². The van der Waals surface area contributed by atoms with Crippen LogP contribution < -0.4 is 10.1 Å². The summed E-state index contributed by atoms with van der Waals surface area (Å²) in [5.41, 5.74) is 0.348. The molecule has 2 heterocycles. The number of rotatable bonds is 3. The number of nitrogens with zero attached hydrogens (tertiary/aromatic N) is 2. The van der Waals surface area contributed by atoms with Crippen molar-refractivity contribution in [3.63, 3.8) is 0 Å². The summed E-state index contributed by atoms with van der Waals surface area (Å²) in [4.78, 5) is 24.0. The van der Waals surface area contributed by atoms with Crippen molar-refractivity contribution in [3.05, 3.63) is 18.2 Å². The van der Waals surface area contributed by atoms with Gasteiger partial charge in [0.1, 0.15) is 5.75 Å². The number of carbonyl (C=O) groups excluding carboxylic acids is 2. The number of nitrogens with one attached hydrogen (secondary N) is 1. The van der Waals surface area contributed by atoms with E-state index in [1.807, 2.05) is 0 Å². The van der Waals surface area contributed by atoms with E-state index >= 15 is 0 Å². The van der Waals surface area contributed by atoms with Gasteiger partial charge in [0.05, 0.1) is 10.6 Å². The van der Waals surface area contributed by atoms with E-state index in [0.717, 1.165) is 6.41 Å². The highest BCUT2D eigenvalue weighted by Crippen LogP contribution is 2.32. The highest BCUT2D eigenvalue weighted by atomic mass is 32.2. The van der Waals surface area contributed by atoms with Crippen LogP contribution in [0.2, 0.25) is 0 Å². The smallest absolute Gasteiger partial charge is 0.265 e. The summed E-state index contributed by atoms with van der Waals surface area (Å²) >= 11 is 0. The number of sulfonamides is 1. The normalized spacial score (nSPS) is 22.0. The molecular formula is C14H17N3O5S. The summed E-state index contributed by atoms with van der Waals surface area (Å²) in [6, 6.07) is 4.41. The summed E-state index contributed by atoms with van der Waals surface area (Å²) in [5.74, 6) is 0.133. The second-order valence-corrected chi connectivity index (χ2v) is 7.39. The first kappa shape index (κ1) is 15.8. The zero-order chi connectivity index (χ0) is 16.6. The summed E-state index contributed by atoms with van der Waals surface area (Å²) in [6.45, 7) is 2.85. The zero-order valence-corrected chi connectivity index (χ0v) is 13.4. The van der Waals surface area contributed by atoms with Crippen LogP contribution in [0.5, 0.6) is 5.75 Å². The minimum absolute atomic E-state index is 0.0919. The van der Waals surface area contributed by atoms with Crippen molar-refractivity contribution in [1.82, 2.24) is 9.21 Å². The van der Waals surface area contributed by atoms with Crippen molar-refractivity contribution in [2.45, 2.75) is 17.9 Å². The van der Waals surface area contributed by atoms with E-state index in [-0.39, 0.29) is 23.9 Å². The Labute approximate surface area is 134 Å². The predicted octanol–water partition coefficient (Wildman–Crippen LogP) is -0.131. The lowest BCUT2D eigenvalue weighted by Gasteiger charge is -2.32. The average molecular weight is 339 g/mol. The topological polar surface area (TPSA) is 96.0 Å². The number of piperazine rings is 1. The van der Waals surface area contributed by atoms with Crippen LogP contribution in [0.3, 0.4) is 0 Å². The predicted molar refractivity (Wildman–Crippen MR) is 81.6 cm³/mol. The molecule has 0 spiro atoms. The number of hydrogen-bond acceptors (Lipinski definition) is 5. The SMILES string of the molecule is CC1Oc2ccc(S(=O)(=O)N3CCN(C=O)CC3)cc2NC1=O. The number of carbonyl (C=O) groups is 2. The molecule has 2 aliphatic heterocycles. The quantitative estimate of drug-likeness (QED) is 0.774. The fourth-order valence-electron chi connectivity index (χ4n) is 2.55. The van der Waals surface area contributed by atoms with Crippen LogP contribution in [-0.4, -0.2) is 62.2 Å². The molecule has 1 saturated heterocycles. The third-order valence-corrected chi connectivity index (χ3v) is 5.84. The number of ether oxygens (including phenoxy) is 1. The maximum absolute atomic E-state index is 12.7. The Morgan fingerprint density at radius 2 is 1.96 bits per heavy atom. The number of fused-ring (bicyclic) bond motifs is 1. The molecule has 9 heteroatoms. The number of anilines is 1. The van der Waals surface area contributed by atoms with Gasteiger partial charge in [-0.3, -0.25) is 9.59 Å². The maximum atomic E-state index is 12.7. The van der Waals surface area contributed by atoms with Gasteiger partial charge in [0, 0.05) is 26.2 Å². The van der Waals surface area contributed by atoms with Crippen LogP contribution in [-0.2, 0) is 19.6 Å². The van der Waals surface area contributed by atoms with E-state index in [2.05, 4.69) is 5.32 Å². The van der Waals surface area contributed by atoms with E-state index in [1.165, 1.54) is 21.3 Å². The standard InChI is InChI=1S/C14H17N3O5S/c1-10-14(19)15-12-8-11(2-3-13(12)22-10)23(20,21)17-6-4-16(9-18)5-7-17/h2-3,8-10H,4-7H2,1H3,(H,15,19). The summed E-state index contributed by atoms with van der Waals surface area (Å²) in [6.07, 6.45) is 0.109. The molecule has 0 saturated carbocycles. The second-order valence-electron chi connectivity index (χ2n) is 5.45. The number of benzene rings is 1. The first-order valence-corrected chi connectivity index (χ1v) is 8.67. The lowest BCUT2D eigenvalue weighted by Crippen LogP contribution is -2.48. The van der Waals surface area contributed by atoms with Gasteiger partial charge in [0.25, 0.3) is 5.91 Å². The monoisotopic (exact) mass is 339 g/mol. The van der Waals surface area contributed by atoms with Gasteiger partial charge in [-0.25, -0.2) is 8.42 Å². The highest BCUT2D eigenvalue weighted by Gasteiger charge is 2.30. The summed E-state index contributed by atoms with van der Waals surface area (Å²) in [7, 11) is -3.67. The molecule has 0 aromatic heterocycles. The summed E-state index contributed by atoms with van der Waals surface area (Å²) < 4.78 is 32.1. The van der Waals surface area contributed by atoms with Crippen LogP contribution >= 0.6 is 0 Å². The van der Waals surface area contributed by atoms with Crippen LogP contribution in [0.15, 0.2) is 23.1 Å². The van der Waals surface area contributed by atoms with Crippen molar-refractivity contribution in [3.8, 4) is 5.75 Å². The molecule has 8 nitrogen and oxygen atoms in total. The van der Waals surface area contributed by atoms with E-state index < -0.39 is 16.1 Å². The lowest BCUT2D eigenvalue weighted by atomic mass is 10.2. The molecule has 3 rings (SSSR count). The molecule has 23 heavy (non-hydrogen) atoms. The molecule has 1 unspecified atom stereocenters. The van der Waals surface area contributed by atoms with Gasteiger partial charge in [0.2, 0.25) is 16.4 Å². The molecule has 124 valence electrons. The molecule has 0 radical (unpaired) electrons. The third-order valence-electron chi connectivity index (χ3n) is 3.94. The second kappa shape index (κ2) is 5.82. The molecule has 0 aliphatic carbocycles. The highest BCUT2D eigenvalue weighted by molar-refractivity contribution is 7.89. The van der Waals surface area contributed by atoms with E-state index in [1.54, 1.807) is 13.0 Å². The molecule has 1 aromatic rings. The van der Waals surface area contributed by atoms with E-state index in [0.29, 0.717) is 24.5 Å². The minimum atomic E-state index is -3.67. The van der Waals surface area contributed by atoms with Gasteiger partial charge in [-0.1, -0.05) is 0 Å². The molecule has 1 N–H and O–H groups in total. The van der Waals surface area contributed by atoms with Crippen molar-refractivity contribution in [1.29, 1.82) is 0 Å². The Hall–Kier alpha value is -2.13. The molecule has 1 atom stereocenters. The van der Waals surface area contributed by atoms with E-state index in [9.17, 15) is 18.0 Å². The molecule has 2 amide bonds. The van der Waals surface area contributed by atoms with Crippen LogP contribution in [0.1, 0.15) is 6.92 Å². The Morgan fingerprint density at radius 3 is 2.61 bits per heavy atom. The Kier molecular flexibility index (Phi) is 3.99. The third kappa shape index (κ3) is 2.89. The molecule has 1 fully saturated rings. The number of hydrogen-bond donors (Lipinski definition) is 1. The Balaban J connectivity index is 1.85. The molecule has 1 aromatic carbocycles.